The molecule has 1 heterocycles. The molecular weight excluding hydrogens is 300 g/mol. The highest BCUT2D eigenvalue weighted by Gasteiger charge is 2.17. The maximum atomic E-state index is 12.1. The van der Waals surface area contributed by atoms with Crippen molar-refractivity contribution in [3.63, 3.8) is 0 Å². The Bertz CT molecular complexity index is 378. The monoisotopic (exact) mass is 318 g/mol. The van der Waals surface area contributed by atoms with E-state index < -0.39 is 0 Å². The van der Waals surface area contributed by atoms with Gasteiger partial charge in [-0.25, -0.2) is 0 Å². The maximum absolute atomic E-state index is 12.1. The molecule has 0 aromatic carbocycles. The van der Waals surface area contributed by atoms with Crippen LogP contribution in [0.4, 0.5) is 0 Å². The van der Waals surface area contributed by atoms with Crippen molar-refractivity contribution in [2.24, 2.45) is 11.7 Å². The van der Waals surface area contributed by atoms with Crippen molar-refractivity contribution in [3.8, 4) is 0 Å². The lowest BCUT2D eigenvalue weighted by Crippen LogP contribution is -2.34. The molecule has 1 amide bonds. The van der Waals surface area contributed by atoms with Crippen LogP contribution in [0, 0.1) is 5.92 Å². The number of rotatable bonds is 5. The molecule has 0 aliphatic rings. The van der Waals surface area contributed by atoms with Gasteiger partial charge in [-0.2, -0.15) is 0 Å². The van der Waals surface area contributed by atoms with Crippen LogP contribution >= 0.6 is 27.3 Å². The Labute approximate surface area is 115 Å². The van der Waals surface area contributed by atoms with Gasteiger partial charge in [0.05, 0.1) is 0 Å². The fourth-order valence-electron chi connectivity index (χ4n) is 1.40. The second kappa shape index (κ2) is 6.52. The van der Waals surface area contributed by atoms with Crippen LogP contribution in [0.25, 0.3) is 0 Å². The summed E-state index contributed by atoms with van der Waals surface area (Å²) in [6.45, 7) is 4.90. The summed E-state index contributed by atoms with van der Waals surface area (Å²) in [7, 11) is 1.82. The quantitative estimate of drug-likeness (QED) is 0.907. The molecule has 1 aromatic heterocycles. The smallest absolute Gasteiger partial charge is 0.264 e. The van der Waals surface area contributed by atoms with Crippen LogP contribution in [0.2, 0.25) is 0 Å². The van der Waals surface area contributed by atoms with Crippen LogP contribution in [0.3, 0.4) is 0 Å². The van der Waals surface area contributed by atoms with Gasteiger partial charge in [0.2, 0.25) is 0 Å². The first-order valence-electron chi connectivity index (χ1n) is 5.67. The van der Waals surface area contributed by atoms with Crippen molar-refractivity contribution < 1.29 is 4.79 Å². The lowest BCUT2D eigenvalue weighted by Gasteiger charge is -2.21. The van der Waals surface area contributed by atoms with E-state index in [9.17, 15) is 4.79 Å². The number of hydrogen-bond donors (Lipinski definition) is 1. The molecule has 1 atom stereocenters. The molecule has 2 N–H and O–H groups in total. The molecule has 1 rings (SSSR count). The third-order valence-corrected chi connectivity index (χ3v) is 4.64. The second-order valence-corrected chi connectivity index (χ2v) is 6.29. The minimum atomic E-state index is 0.0582. The van der Waals surface area contributed by atoms with Gasteiger partial charge in [0.15, 0.2) is 0 Å². The zero-order valence-electron chi connectivity index (χ0n) is 10.4. The second-order valence-electron chi connectivity index (χ2n) is 4.52. The first-order valence-corrected chi connectivity index (χ1v) is 7.34. The summed E-state index contributed by atoms with van der Waals surface area (Å²) in [5, 5.41) is 1.91. The number of halogens is 1. The van der Waals surface area contributed by atoms with Gasteiger partial charge in [0, 0.05) is 24.1 Å². The molecule has 96 valence electrons. The fraction of sp³-hybridized carbons (Fsp3) is 0.583. The SMILES string of the molecule is CC(C)[C@@H](N)CCN(C)C(=O)c1sccc1Br. The van der Waals surface area contributed by atoms with E-state index in [0.29, 0.717) is 12.5 Å². The van der Waals surface area contributed by atoms with Crippen molar-refractivity contribution in [2.75, 3.05) is 13.6 Å². The van der Waals surface area contributed by atoms with Crippen molar-refractivity contribution >= 4 is 33.2 Å². The Balaban J connectivity index is 2.51. The highest BCUT2D eigenvalue weighted by molar-refractivity contribution is 9.10. The number of carbonyl (C=O) groups is 1. The molecule has 5 heteroatoms. The van der Waals surface area contributed by atoms with Gasteiger partial charge in [-0.05, 0) is 39.7 Å². The van der Waals surface area contributed by atoms with Crippen LogP contribution < -0.4 is 5.73 Å². The molecule has 1 aromatic rings. The van der Waals surface area contributed by atoms with Crippen LogP contribution in [0.5, 0.6) is 0 Å². The summed E-state index contributed by atoms with van der Waals surface area (Å²) in [4.78, 5) is 14.6. The minimum absolute atomic E-state index is 0.0582. The molecule has 17 heavy (non-hydrogen) atoms. The number of carbonyl (C=O) groups excluding carboxylic acids is 1. The molecule has 0 radical (unpaired) electrons. The van der Waals surface area contributed by atoms with Gasteiger partial charge in [0.1, 0.15) is 4.88 Å². The predicted octanol–water partition coefficient (Wildman–Crippen LogP) is 2.96. The first-order chi connectivity index (χ1) is 7.93. The zero-order chi connectivity index (χ0) is 13.0. The maximum Gasteiger partial charge on any atom is 0.264 e. The largest absolute Gasteiger partial charge is 0.341 e. The Morgan fingerprint density at radius 3 is 2.71 bits per heavy atom. The topological polar surface area (TPSA) is 46.3 Å². The van der Waals surface area contributed by atoms with Gasteiger partial charge < -0.3 is 10.6 Å². The Morgan fingerprint density at radius 1 is 1.59 bits per heavy atom. The van der Waals surface area contributed by atoms with E-state index in [4.69, 9.17) is 5.73 Å². The molecular formula is C12H19BrN2OS. The third-order valence-electron chi connectivity index (χ3n) is 2.81. The number of thiophene rings is 1. The van der Waals surface area contributed by atoms with E-state index in [1.165, 1.54) is 11.3 Å². The van der Waals surface area contributed by atoms with E-state index in [-0.39, 0.29) is 11.9 Å². The highest BCUT2D eigenvalue weighted by Crippen LogP contribution is 2.23. The van der Waals surface area contributed by atoms with Gasteiger partial charge in [-0.3, -0.25) is 4.79 Å². The average molecular weight is 319 g/mol. The number of nitrogens with two attached hydrogens (primary N) is 1. The third kappa shape index (κ3) is 4.08. The molecule has 0 aliphatic heterocycles. The van der Waals surface area contributed by atoms with Gasteiger partial charge in [0.25, 0.3) is 5.91 Å². The molecule has 3 nitrogen and oxygen atoms in total. The van der Waals surface area contributed by atoms with Gasteiger partial charge >= 0.3 is 0 Å². The van der Waals surface area contributed by atoms with E-state index in [2.05, 4.69) is 29.8 Å². The number of hydrogen-bond acceptors (Lipinski definition) is 3. The van der Waals surface area contributed by atoms with Crippen molar-refractivity contribution in [3.05, 3.63) is 20.8 Å². The summed E-state index contributed by atoms with van der Waals surface area (Å²) >= 11 is 4.83. The van der Waals surface area contributed by atoms with Crippen molar-refractivity contribution in [2.45, 2.75) is 26.3 Å². The molecule has 0 spiro atoms. The molecule has 0 saturated heterocycles. The molecule has 0 saturated carbocycles. The van der Waals surface area contributed by atoms with Crippen molar-refractivity contribution in [1.82, 2.24) is 4.90 Å². The van der Waals surface area contributed by atoms with E-state index in [0.717, 1.165) is 15.8 Å². The molecule has 0 unspecified atom stereocenters. The number of amides is 1. The van der Waals surface area contributed by atoms with Crippen LogP contribution in [0.15, 0.2) is 15.9 Å². The van der Waals surface area contributed by atoms with Crippen LogP contribution in [0.1, 0.15) is 29.9 Å². The Morgan fingerprint density at radius 2 is 2.24 bits per heavy atom. The molecule has 0 bridgehead atoms. The standard InChI is InChI=1S/C12H19BrN2OS/c1-8(2)10(14)4-6-15(3)12(16)11-9(13)5-7-17-11/h5,7-8,10H,4,6,14H2,1-3H3/t10-/m0/s1. The van der Waals surface area contributed by atoms with Gasteiger partial charge in [-0.1, -0.05) is 13.8 Å². The van der Waals surface area contributed by atoms with Crippen LogP contribution in [-0.2, 0) is 0 Å². The summed E-state index contributed by atoms with van der Waals surface area (Å²) in [6.07, 6.45) is 0.836. The van der Waals surface area contributed by atoms with Gasteiger partial charge in [-0.15, -0.1) is 11.3 Å². The first kappa shape index (κ1) is 14.7. The molecule has 0 fully saturated rings. The Kier molecular flexibility index (Phi) is 5.62. The minimum Gasteiger partial charge on any atom is -0.341 e. The summed E-state index contributed by atoms with van der Waals surface area (Å²) in [5.41, 5.74) is 5.97. The molecule has 0 aliphatic carbocycles. The van der Waals surface area contributed by atoms with E-state index in [1.54, 1.807) is 4.90 Å². The number of nitrogens with zero attached hydrogens (tertiary/aromatic N) is 1. The lowest BCUT2D eigenvalue weighted by atomic mass is 10.0. The summed E-state index contributed by atoms with van der Waals surface area (Å²) in [6, 6.07) is 2.04. The fourth-order valence-corrected chi connectivity index (χ4v) is 2.93. The van der Waals surface area contributed by atoms with Crippen molar-refractivity contribution in [1.29, 1.82) is 0 Å². The zero-order valence-corrected chi connectivity index (χ0v) is 12.8. The average Bonchev–Trinajstić information content (AvgIpc) is 2.70. The Hall–Kier alpha value is -0.390. The van der Waals surface area contributed by atoms with E-state index >= 15 is 0 Å². The summed E-state index contributed by atoms with van der Waals surface area (Å²) in [5.74, 6) is 0.509. The normalized spacial score (nSPS) is 12.8. The highest BCUT2D eigenvalue weighted by atomic mass is 79.9. The van der Waals surface area contributed by atoms with E-state index in [1.807, 2.05) is 18.5 Å². The predicted molar refractivity (Wildman–Crippen MR) is 76.4 cm³/mol. The van der Waals surface area contributed by atoms with Crippen LogP contribution in [-0.4, -0.2) is 30.4 Å². The summed E-state index contributed by atoms with van der Waals surface area (Å²) < 4.78 is 0.868. The lowest BCUT2D eigenvalue weighted by molar-refractivity contribution is 0.0793.